The van der Waals surface area contributed by atoms with E-state index in [1.54, 1.807) is 35.9 Å². The van der Waals surface area contributed by atoms with Crippen LogP contribution in [-0.2, 0) is 0 Å². The Hall–Kier alpha value is -2.38. The number of nitrogens with one attached hydrogen (secondary N) is 1. The standard InChI is InChI=1S/C18H24N4O3/c1-13-11-19-18(25)22(13)16-5-3-4-15(10-16)17(24)21-8-6-20(7-9-21)12-14(2)23/h3-5,10-11,14,23H,6-9,12H2,1-2H3,(H,19,25)/t14-/m0/s1. The molecule has 1 aliphatic heterocycles. The number of imidazole rings is 1. The molecule has 2 heterocycles. The second-order valence-corrected chi connectivity index (χ2v) is 6.56. The van der Waals surface area contributed by atoms with E-state index < -0.39 is 0 Å². The third-order valence-corrected chi connectivity index (χ3v) is 4.49. The van der Waals surface area contributed by atoms with Crippen LogP contribution in [0.2, 0.25) is 0 Å². The summed E-state index contributed by atoms with van der Waals surface area (Å²) in [7, 11) is 0. The lowest BCUT2D eigenvalue weighted by Gasteiger charge is -2.35. The molecule has 1 aliphatic rings. The Morgan fingerprint density at radius 2 is 2.00 bits per heavy atom. The molecule has 0 unspecified atom stereocenters. The summed E-state index contributed by atoms with van der Waals surface area (Å²) in [5, 5.41) is 9.47. The lowest BCUT2D eigenvalue weighted by atomic mass is 10.1. The second-order valence-electron chi connectivity index (χ2n) is 6.56. The molecule has 7 heteroatoms. The summed E-state index contributed by atoms with van der Waals surface area (Å²) < 4.78 is 1.55. The molecule has 0 spiro atoms. The van der Waals surface area contributed by atoms with Crippen LogP contribution >= 0.6 is 0 Å². The zero-order valence-corrected chi connectivity index (χ0v) is 14.6. The zero-order valence-electron chi connectivity index (χ0n) is 14.6. The molecular formula is C18H24N4O3. The highest BCUT2D eigenvalue weighted by molar-refractivity contribution is 5.94. The van der Waals surface area contributed by atoms with Crippen LogP contribution < -0.4 is 5.69 Å². The minimum atomic E-state index is -0.359. The predicted molar refractivity (Wildman–Crippen MR) is 95.2 cm³/mol. The van der Waals surface area contributed by atoms with Gasteiger partial charge in [-0.1, -0.05) is 6.07 Å². The van der Waals surface area contributed by atoms with Crippen molar-refractivity contribution in [2.45, 2.75) is 20.0 Å². The van der Waals surface area contributed by atoms with Crippen molar-refractivity contribution < 1.29 is 9.90 Å². The quantitative estimate of drug-likeness (QED) is 0.852. The maximum absolute atomic E-state index is 12.8. The number of carbonyl (C=O) groups excluding carboxylic acids is 1. The first-order chi connectivity index (χ1) is 12.0. The molecule has 1 aromatic carbocycles. The van der Waals surface area contributed by atoms with Gasteiger partial charge in [-0.2, -0.15) is 0 Å². The van der Waals surface area contributed by atoms with Crippen LogP contribution in [0.1, 0.15) is 23.0 Å². The van der Waals surface area contributed by atoms with Gasteiger partial charge >= 0.3 is 5.69 Å². The Bertz CT molecular complexity index is 801. The van der Waals surface area contributed by atoms with Crippen molar-refractivity contribution in [1.29, 1.82) is 0 Å². The van der Waals surface area contributed by atoms with Crippen molar-refractivity contribution in [2.24, 2.45) is 0 Å². The predicted octanol–water partition coefficient (Wildman–Crippen LogP) is 0.613. The van der Waals surface area contributed by atoms with Crippen LogP contribution in [0.3, 0.4) is 0 Å². The number of aryl methyl sites for hydroxylation is 1. The first-order valence-corrected chi connectivity index (χ1v) is 8.53. The number of benzene rings is 1. The number of hydrogen-bond donors (Lipinski definition) is 2. The van der Waals surface area contributed by atoms with E-state index in [1.807, 2.05) is 17.9 Å². The summed E-state index contributed by atoms with van der Waals surface area (Å²) in [4.78, 5) is 31.4. The third-order valence-electron chi connectivity index (χ3n) is 4.49. The molecular weight excluding hydrogens is 320 g/mol. The number of aliphatic hydroxyl groups is 1. The summed E-state index contributed by atoms with van der Waals surface area (Å²) in [5.74, 6) is -0.0280. The fourth-order valence-corrected chi connectivity index (χ4v) is 3.24. The van der Waals surface area contributed by atoms with Crippen molar-refractivity contribution in [3.63, 3.8) is 0 Å². The summed E-state index contributed by atoms with van der Waals surface area (Å²) >= 11 is 0. The summed E-state index contributed by atoms with van der Waals surface area (Å²) in [5.41, 5.74) is 1.84. The molecule has 134 valence electrons. The van der Waals surface area contributed by atoms with Crippen molar-refractivity contribution in [1.82, 2.24) is 19.4 Å². The van der Waals surface area contributed by atoms with E-state index in [-0.39, 0.29) is 17.7 Å². The van der Waals surface area contributed by atoms with E-state index in [4.69, 9.17) is 0 Å². The van der Waals surface area contributed by atoms with E-state index in [2.05, 4.69) is 9.88 Å². The Morgan fingerprint density at radius 1 is 1.28 bits per heavy atom. The molecule has 1 fully saturated rings. The lowest BCUT2D eigenvalue weighted by Crippen LogP contribution is -2.50. The van der Waals surface area contributed by atoms with Crippen LogP contribution in [0.4, 0.5) is 0 Å². The SMILES string of the molecule is Cc1c[nH]c(=O)n1-c1cccc(C(=O)N2CCN(C[C@H](C)O)CC2)c1. The normalized spacial score (nSPS) is 16.8. The number of H-pyrrole nitrogens is 1. The summed E-state index contributed by atoms with van der Waals surface area (Å²) in [6.45, 7) is 7.03. The maximum atomic E-state index is 12.8. The number of β-amino-alcohol motifs (C(OH)–C–C–N with tert-alkyl or cyclic N) is 1. The number of amides is 1. The van der Waals surface area contributed by atoms with Crippen LogP contribution in [-0.4, -0.2) is 69.2 Å². The Morgan fingerprint density at radius 3 is 2.60 bits per heavy atom. The van der Waals surface area contributed by atoms with Gasteiger partial charge in [0.25, 0.3) is 5.91 Å². The van der Waals surface area contributed by atoms with Crippen molar-refractivity contribution in [3.05, 3.63) is 52.2 Å². The van der Waals surface area contributed by atoms with Crippen molar-refractivity contribution >= 4 is 5.91 Å². The smallest absolute Gasteiger partial charge is 0.330 e. The average molecular weight is 344 g/mol. The highest BCUT2D eigenvalue weighted by Gasteiger charge is 2.23. The Kier molecular flexibility index (Phi) is 5.06. The number of aromatic amines is 1. The molecule has 2 N–H and O–H groups in total. The van der Waals surface area contributed by atoms with Crippen LogP contribution in [0.5, 0.6) is 0 Å². The minimum Gasteiger partial charge on any atom is -0.392 e. The number of aliphatic hydroxyl groups excluding tert-OH is 1. The molecule has 25 heavy (non-hydrogen) atoms. The van der Waals surface area contributed by atoms with Crippen LogP contribution in [0.15, 0.2) is 35.3 Å². The third kappa shape index (κ3) is 3.83. The average Bonchev–Trinajstić information content (AvgIpc) is 2.93. The summed E-state index contributed by atoms with van der Waals surface area (Å²) in [6, 6.07) is 7.15. The van der Waals surface area contributed by atoms with Crippen LogP contribution in [0, 0.1) is 6.92 Å². The number of carbonyl (C=O) groups is 1. The van der Waals surface area contributed by atoms with Gasteiger partial charge in [0, 0.05) is 50.2 Å². The minimum absolute atomic E-state index is 0.0280. The van der Waals surface area contributed by atoms with Crippen molar-refractivity contribution in [2.75, 3.05) is 32.7 Å². The van der Waals surface area contributed by atoms with E-state index in [9.17, 15) is 14.7 Å². The van der Waals surface area contributed by atoms with E-state index in [0.29, 0.717) is 30.9 Å². The van der Waals surface area contributed by atoms with Crippen molar-refractivity contribution in [3.8, 4) is 5.69 Å². The van der Waals surface area contributed by atoms with Gasteiger partial charge in [-0.15, -0.1) is 0 Å². The molecule has 1 saturated heterocycles. The number of aromatic nitrogens is 2. The molecule has 0 bridgehead atoms. The van der Waals surface area contributed by atoms with E-state index >= 15 is 0 Å². The molecule has 1 amide bonds. The molecule has 7 nitrogen and oxygen atoms in total. The Labute approximate surface area is 146 Å². The van der Waals surface area contributed by atoms with E-state index in [0.717, 1.165) is 18.8 Å². The maximum Gasteiger partial charge on any atom is 0.330 e. The molecule has 3 rings (SSSR count). The number of piperazine rings is 1. The molecule has 2 aromatic rings. The molecule has 1 aromatic heterocycles. The highest BCUT2D eigenvalue weighted by Crippen LogP contribution is 2.14. The fraction of sp³-hybridized carbons (Fsp3) is 0.444. The molecule has 1 atom stereocenters. The van der Waals surface area contributed by atoms with Gasteiger partial charge in [0.2, 0.25) is 0 Å². The molecule has 0 saturated carbocycles. The number of hydrogen-bond acceptors (Lipinski definition) is 4. The van der Waals surface area contributed by atoms with Gasteiger partial charge < -0.3 is 15.0 Å². The number of nitrogens with zero attached hydrogens (tertiary/aromatic N) is 3. The van der Waals surface area contributed by atoms with Gasteiger partial charge in [-0.25, -0.2) is 4.79 Å². The van der Waals surface area contributed by atoms with Gasteiger partial charge in [0.1, 0.15) is 0 Å². The monoisotopic (exact) mass is 344 g/mol. The van der Waals surface area contributed by atoms with Crippen LogP contribution in [0.25, 0.3) is 5.69 Å². The van der Waals surface area contributed by atoms with Gasteiger partial charge in [-0.05, 0) is 32.0 Å². The second kappa shape index (κ2) is 7.25. The first kappa shape index (κ1) is 17.4. The van der Waals surface area contributed by atoms with Gasteiger partial charge in [0.05, 0.1) is 11.8 Å². The lowest BCUT2D eigenvalue weighted by molar-refractivity contribution is 0.0554. The Balaban J connectivity index is 1.74. The largest absolute Gasteiger partial charge is 0.392 e. The van der Waals surface area contributed by atoms with E-state index in [1.165, 1.54) is 0 Å². The fourth-order valence-electron chi connectivity index (χ4n) is 3.24. The first-order valence-electron chi connectivity index (χ1n) is 8.53. The highest BCUT2D eigenvalue weighted by atomic mass is 16.3. The van der Waals surface area contributed by atoms with Gasteiger partial charge in [0.15, 0.2) is 0 Å². The molecule has 0 aliphatic carbocycles. The topological polar surface area (TPSA) is 81.6 Å². The number of rotatable bonds is 4. The molecule has 0 radical (unpaired) electrons. The summed E-state index contributed by atoms with van der Waals surface area (Å²) in [6.07, 6.45) is 1.29. The zero-order chi connectivity index (χ0) is 18.0. The van der Waals surface area contributed by atoms with Gasteiger partial charge in [-0.3, -0.25) is 14.3 Å².